The first-order valence-corrected chi connectivity index (χ1v) is 6.61. The van der Waals surface area contributed by atoms with Gasteiger partial charge in [-0.05, 0) is 24.3 Å². The van der Waals surface area contributed by atoms with E-state index in [4.69, 9.17) is 0 Å². The summed E-state index contributed by atoms with van der Waals surface area (Å²) in [6, 6.07) is 9.80. The Hall–Kier alpha value is -0.450. The highest BCUT2D eigenvalue weighted by atomic mass is 79.9. The van der Waals surface area contributed by atoms with E-state index in [1.807, 2.05) is 30.3 Å². The van der Waals surface area contributed by atoms with Gasteiger partial charge in [0, 0.05) is 19.4 Å². The quantitative estimate of drug-likeness (QED) is 0.717. The number of hydrogen-bond acceptors (Lipinski definition) is 2. The van der Waals surface area contributed by atoms with E-state index in [-0.39, 0.29) is 0 Å². The molecule has 1 heterocycles. The third-order valence-electron chi connectivity index (χ3n) is 1.94. The van der Waals surface area contributed by atoms with Gasteiger partial charge in [-0.15, -0.1) is 11.3 Å². The number of hydrogen-bond donors (Lipinski definition) is 0. The molecule has 0 amide bonds. The monoisotopic (exact) mass is 344 g/mol. The molecule has 2 rings (SSSR count). The minimum atomic E-state index is 0.750. The van der Waals surface area contributed by atoms with E-state index >= 15 is 0 Å². The Morgan fingerprint density at radius 2 is 1.93 bits per heavy atom. The molecule has 0 N–H and O–H groups in total. The first kappa shape index (κ1) is 11.0. The molecule has 4 heteroatoms. The Morgan fingerprint density at radius 3 is 2.53 bits per heavy atom. The first-order chi connectivity index (χ1) is 7.20. The third kappa shape index (κ3) is 2.38. The number of carbonyl (C=O) groups excluding carboxylic acids is 1. The van der Waals surface area contributed by atoms with Gasteiger partial charge in [0.25, 0.3) is 0 Å². The highest BCUT2D eigenvalue weighted by molar-refractivity contribution is 9.11. The van der Waals surface area contributed by atoms with E-state index in [1.165, 1.54) is 11.3 Å². The normalized spacial score (nSPS) is 10.3. The molecule has 0 aliphatic carbocycles. The second-order valence-corrected chi connectivity index (χ2v) is 5.83. The molecule has 0 aliphatic heterocycles. The number of benzene rings is 1. The van der Waals surface area contributed by atoms with Crippen LogP contribution >= 0.6 is 43.2 Å². The van der Waals surface area contributed by atoms with Gasteiger partial charge in [-0.25, -0.2) is 0 Å². The van der Waals surface area contributed by atoms with Crippen LogP contribution in [0.3, 0.4) is 0 Å². The van der Waals surface area contributed by atoms with E-state index < -0.39 is 0 Å². The summed E-state index contributed by atoms with van der Waals surface area (Å²) >= 11 is 8.40. The van der Waals surface area contributed by atoms with Gasteiger partial charge in [-0.2, -0.15) is 0 Å². The van der Waals surface area contributed by atoms with Crippen LogP contribution in [0.5, 0.6) is 0 Å². The van der Waals surface area contributed by atoms with Crippen LogP contribution in [0.4, 0.5) is 0 Å². The molecule has 0 fully saturated rings. The Labute approximate surface area is 108 Å². The summed E-state index contributed by atoms with van der Waals surface area (Å²) < 4.78 is 2.06. The second-order valence-electron chi connectivity index (χ2n) is 2.94. The van der Waals surface area contributed by atoms with Crippen LogP contribution in [0.15, 0.2) is 39.3 Å². The molecule has 76 valence electrons. The molecule has 1 aromatic carbocycles. The summed E-state index contributed by atoms with van der Waals surface area (Å²) in [5.74, 6) is 0. The molecule has 2 aromatic rings. The Morgan fingerprint density at radius 1 is 1.13 bits per heavy atom. The summed E-state index contributed by atoms with van der Waals surface area (Å²) in [4.78, 5) is 12.4. The van der Waals surface area contributed by atoms with E-state index in [1.54, 1.807) is 0 Å². The number of thiophene rings is 1. The lowest BCUT2D eigenvalue weighted by Gasteiger charge is -2.01. The van der Waals surface area contributed by atoms with Gasteiger partial charge in [-0.1, -0.05) is 37.9 Å². The van der Waals surface area contributed by atoms with Crippen molar-refractivity contribution in [3.8, 4) is 10.4 Å². The lowest BCUT2D eigenvalue weighted by molar-refractivity contribution is 0.112. The van der Waals surface area contributed by atoms with Gasteiger partial charge >= 0.3 is 0 Å². The Kier molecular flexibility index (Phi) is 3.38. The average Bonchev–Trinajstić information content (AvgIpc) is 2.66. The van der Waals surface area contributed by atoms with Crippen molar-refractivity contribution in [2.45, 2.75) is 0 Å². The van der Waals surface area contributed by atoms with Crippen LogP contribution in [-0.2, 0) is 0 Å². The summed E-state index contributed by atoms with van der Waals surface area (Å²) in [6.45, 7) is 0. The van der Waals surface area contributed by atoms with Crippen molar-refractivity contribution in [2.24, 2.45) is 0 Å². The van der Waals surface area contributed by atoms with Gasteiger partial charge in [0.1, 0.15) is 0 Å². The molecule has 15 heavy (non-hydrogen) atoms. The van der Waals surface area contributed by atoms with Crippen LogP contribution in [0.25, 0.3) is 10.4 Å². The molecule has 0 aliphatic rings. The van der Waals surface area contributed by atoms with Crippen molar-refractivity contribution < 1.29 is 4.79 Å². The molecular weight excluding hydrogens is 340 g/mol. The topological polar surface area (TPSA) is 17.1 Å². The smallest absolute Gasteiger partial charge is 0.160 e. The van der Waals surface area contributed by atoms with E-state index in [2.05, 4.69) is 31.9 Å². The molecule has 0 unspecified atom stereocenters. The summed E-state index contributed by atoms with van der Waals surface area (Å²) in [7, 11) is 0. The van der Waals surface area contributed by atoms with Crippen molar-refractivity contribution in [3.63, 3.8) is 0 Å². The zero-order valence-electron chi connectivity index (χ0n) is 7.54. The minimum absolute atomic E-state index is 0.750. The van der Waals surface area contributed by atoms with E-state index in [0.29, 0.717) is 0 Å². The van der Waals surface area contributed by atoms with Gasteiger partial charge in [-0.3, -0.25) is 4.79 Å². The van der Waals surface area contributed by atoms with Crippen molar-refractivity contribution in [3.05, 3.63) is 44.2 Å². The maximum atomic E-state index is 10.6. The summed E-state index contributed by atoms with van der Waals surface area (Å²) in [5.41, 5.74) is 1.11. The highest BCUT2D eigenvalue weighted by Crippen LogP contribution is 2.34. The second kappa shape index (κ2) is 4.60. The van der Waals surface area contributed by atoms with Crippen LogP contribution in [0, 0.1) is 0 Å². The molecule has 0 radical (unpaired) electrons. The Balaban J connectivity index is 2.49. The van der Waals surface area contributed by atoms with Crippen LogP contribution in [0.2, 0.25) is 0 Å². The first-order valence-electron chi connectivity index (χ1n) is 4.21. The summed E-state index contributed by atoms with van der Waals surface area (Å²) in [5, 5.41) is 0. The number of aldehydes is 1. The maximum absolute atomic E-state index is 10.6. The predicted molar refractivity (Wildman–Crippen MR) is 70.5 cm³/mol. The zero-order chi connectivity index (χ0) is 10.8. The molecule has 1 nitrogen and oxygen atoms in total. The fourth-order valence-corrected chi connectivity index (χ4v) is 3.50. The Bertz CT molecular complexity index is 505. The lowest BCUT2D eigenvalue weighted by Crippen LogP contribution is -1.75. The SMILES string of the molecule is O=Cc1ccc(-c2ccc(Br)cc2Br)s1. The van der Waals surface area contributed by atoms with E-state index in [0.717, 1.165) is 30.5 Å². The number of halogens is 2. The molecule has 0 saturated heterocycles. The molecule has 0 saturated carbocycles. The number of carbonyl (C=O) groups is 1. The van der Waals surface area contributed by atoms with Gasteiger partial charge in [0.15, 0.2) is 6.29 Å². The van der Waals surface area contributed by atoms with Crippen molar-refractivity contribution in [1.82, 2.24) is 0 Å². The minimum Gasteiger partial charge on any atom is -0.297 e. The van der Waals surface area contributed by atoms with E-state index in [9.17, 15) is 4.79 Å². The van der Waals surface area contributed by atoms with Crippen LogP contribution in [-0.4, -0.2) is 6.29 Å². The molecule has 0 bridgehead atoms. The van der Waals surface area contributed by atoms with Crippen molar-refractivity contribution in [1.29, 1.82) is 0 Å². The van der Waals surface area contributed by atoms with Gasteiger partial charge in [0.2, 0.25) is 0 Å². The lowest BCUT2D eigenvalue weighted by atomic mass is 10.2. The fourth-order valence-electron chi connectivity index (χ4n) is 1.25. The molecule has 0 spiro atoms. The summed E-state index contributed by atoms with van der Waals surface area (Å²) in [6.07, 6.45) is 0.876. The standard InChI is InChI=1S/C11H6Br2OS/c12-7-1-3-9(10(13)5-7)11-4-2-8(6-14)15-11/h1-6H. The molecule has 1 aromatic heterocycles. The zero-order valence-corrected chi connectivity index (χ0v) is 11.5. The van der Waals surface area contributed by atoms with Gasteiger partial charge in [0.05, 0.1) is 4.88 Å². The fraction of sp³-hybridized carbons (Fsp3) is 0. The highest BCUT2D eigenvalue weighted by Gasteiger charge is 2.06. The third-order valence-corrected chi connectivity index (χ3v) is 4.13. The molecule has 0 atom stereocenters. The van der Waals surface area contributed by atoms with Crippen molar-refractivity contribution >= 4 is 49.5 Å². The van der Waals surface area contributed by atoms with Crippen LogP contribution in [0.1, 0.15) is 9.67 Å². The number of rotatable bonds is 2. The molecular formula is C11H6Br2OS. The van der Waals surface area contributed by atoms with Gasteiger partial charge < -0.3 is 0 Å². The van der Waals surface area contributed by atoms with Crippen LogP contribution < -0.4 is 0 Å². The van der Waals surface area contributed by atoms with Crippen molar-refractivity contribution in [2.75, 3.05) is 0 Å². The predicted octanol–water partition coefficient (Wildman–Crippen LogP) is 4.75. The maximum Gasteiger partial charge on any atom is 0.160 e. The largest absolute Gasteiger partial charge is 0.297 e. The average molecular weight is 346 g/mol.